The van der Waals surface area contributed by atoms with Gasteiger partial charge in [0.25, 0.3) is 0 Å². The largest absolute Gasteiger partial charge is 0.368 e. The molecule has 0 N–H and O–H groups in total. The number of rotatable bonds is 9. The van der Waals surface area contributed by atoms with Crippen LogP contribution in [0.25, 0.3) is 11.3 Å². The number of piperazine rings is 1. The highest BCUT2D eigenvalue weighted by Crippen LogP contribution is 2.22. The Morgan fingerprint density at radius 2 is 1.74 bits per heavy atom. The van der Waals surface area contributed by atoms with E-state index in [2.05, 4.69) is 74.0 Å². The SMILES string of the molecule is CC=N/C(C)=C\C(=C(/C)CC)N1CCN(C(=O)Cn2nc(-c3cccc(CC)c3)cc2CC)CC1. The lowest BCUT2D eigenvalue weighted by Crippen LogP contribution is -2.49. The van der Waals surface area contributed by atoms with Gasteiger partial charge in [-0.25, -0.2) is 0 Å². The van der Waals surface area contributed by atoms with Crippen LogP contribution in [-0.4, -0.2) is 57.9 Å². The minimum absolute atomic E-state index is 0.136. The van der Waals surface area contributed by atoms with Gasteiger partial charge in [0.05, 0.1) is 5.69 Å². The number of allylic oxidation sites excluding steroid dienone is 3. The fraction of sp³-hybridized carbons (Fsp3) is 0.483. The molecule has 2 aromatic rings. The highest BCUT2D eigenvalue weighted by Gasteiger charge is 2.24. The molecule has 0 atom stereocenters. The first kappa shape index (κ1) is 26.5. The number of benzene rings is 1. The van der Waals surface area contributed by atoms with Crippen molar-refractivity contribution in [2.45, 2.75) is 67.3 Å². The Labute approximate surface area is 211 Å². The molecule has 0 unspecified atom stereocenters. The second-order valence-electron chi connectivity index (χ2n) is 9.15. The second-order valence-corrected chi connectivity index (χ2v) is 9.15. The van der Waals surface area contributed by atoms with Crippen LogP contribution < -0.4 is 0 Å². The predicted molar refractivity (Wildman–Crippen MR) is 145 cm³/mol. The predicted octanol–water partition coefficient (Wildman–Crippen LogP) is 5.50. The minimum atomic E-state index is 0.136. The van der Waals surface area contributed by atoms with Crippen molar-refractivity contribution in [3.63, 3.8) is 0 Å². The monoisotopic (exact) mass is 475 g/mol. The van der Waals surface area contributed by atoms with Gasteiger partial charge < -0.3 is 9.80 Å². The van der Waals surface area contributed by atoms with Crippen LogP contribution in [0.5, 0.6) is 0 Å². The lowest BCUT2D eigenvalue weighted by atomic mass is 10.1. The summed E-state index contributed by atoms with van der Waals surface area (Å²) in [6, 6.07) is 10.6. The van der Waals surface area contributed by atoms with Crippen LogP contribution in [0, 0.1) is 0 Å². The maximum Gasteiger partial charge on any atom is 0.244 e. The highest BCUT2D eigenvalue weighted by atomic mass is 16.2. The van der Waals surface area contributed by atoms with Crippen molar-refractivity contribution in [1.82, 2.24) is 19.6 Å². The summed E-state index contributed by atoms with van der Waals surface area (Å²) in [5, 5.41) is 4.82. The number of aromatic nitrogens is 2. The number of nitrogens with zero attached hydrogens (tertiary/aromatic N) is 5. The standard InChI is InChI=1S/C29H41N5O/c1-7-22(5)28(18-23(6)30-10-4)32-14-16-33(17-15-32)29(35)21-34-26(9-3)20-27(31-34)25-13-11-12-24(8-2)19-25/h10-13,18-20H,7-9,14-17,21H2,1-6H3/b23-18-,28-22-,30-10?. The molecule has 1 saturated heterocycles. The summed E-state index contributed by atoms with van der Waals surface area (Å²) in [5.74, 6) is 0.136. The lowest BCUT2D eigenvalue weighted by molar-refractivity contribution is -0.133. The van der Waals surface area contributed by atoms with E-state index >= 15 is 0 Å². The van der Waals surface area contributed by atoms with E-state index in [-0.39, 0.29) is 12.5 Å². The molecule has 0 saturated carbocycles. The van der Waals surface area contributed by atoms with Gasteiger partial charge in [-0.15, -0.1) is 0 Å². The first-order valence-electron chi connectivity index (χ1n) is 13.0. The van der Waals surface area contributed by atoms with Gasteiger partial charge in [-0.3, -0.25) is 14.5 Å². The molecule has 3 rings (SSSR count). The Bertz CT molecular complexity index is 1100. The van der Waals surface area contributed by atoms with E-state index in [0.29, 0.717) is 0 Å². The molecular weight excluding hydrogens is 434 g/mol. The number of hydrogen-bond donors (Lipinski definition) is 0. The topological polar surface area (TPSA) is 53.7 Å². The lowest BCUT2D eigenvalue weighted by Gasteiger charge is -2.37. The summed E-state index contributed by atoms with van der Waals surface area (Å²) in [4.78, 5) is 22.0. The van der Waals surface area contributed by atoms with E-state index in [1.807, 2.05) is 29.6 Å². The minimum Gasteiger partial charge on any atom is -0.368 e. The Hall–Kier alpha value is -3.15. The molecule has 6 heteroatoms. The third-order valence-electron chi connectivity index (χ3n) is 6.76. The third kappa shape index (κ3) is 6.71. The van der Waals surface area contributed by atoms with Crippen molar-refractivity contribution in [3.8, 4) is 11.3 Å². The zero-order chi connectivity index (χ0) is 25.4. The zero-order valence-corrected chi connectivity index (χ0v) is 22.3. The maximum atomic E-state index is 13.2. The molecule has 2 heterocycles. The van der Waals surface area contributed by atoms with Crippen LogP contribution >= 0.6 is 0 Å². The van der Waals surface area contributed by atoms with Crippen molar-refractivity contribution in [1.29, 1.82) is 0 Å². The van der Waals surface area contributed by atoms with Gasteiger partial charge in [-0.1, -0.05) is 44.5 Å². The van der Waals surface area contributed by atoms with E-state index in [1.165, 1.54) is 16.8 Å². The Balaban J connectivity index is 1.69. The summed E-state index contributed by atoms with van der Waals surface area (Å²) in [5.41, 5.74) is 8.02. The second kappa shape index (κ2) is 12.5. The van der Waals surface area contributed by atoms with Gasteiger partial charge in [0.2, 0.25) is 5.91 Å². The van der Waals surface area contributed by atoms with Gasteiger partial charge in [-0.2, -0.15) is 5.10 Å². The number of carbonyl (C=O) groups is 1. The van der Waals surface area contributed by atoms with Crippen molar-refractivity contribution >= 4 is 12.1 Å². The van der Waals surface area contributed by atoms with Gasteiger partial charge in [0.1, 0.15) is 6.54 Å². The average molecular weight is 476 g/mol. The van der Waals surface area contributed by atoms with Crippen molar-refractivity contribution in [3.05, 3.63) is 64.6 Å². The fourth-order valence-electron chi connectivity index (χ4n) is 4.50. The van der Waals surface area contributed by atoms with Gasteiger partial charge in [0, 0.05) is 55.0 Å². The van der Waals surface area contributed by atoms with E-state index in [0.717, 1.165) is 68.1 Å². The van der Waals surface area contributed by atoms with E-state index in [1.54, 1.807) is 0 Å². The Morgan fingerprint density at radius 1 is 1.03 bits per heavy atom. The number of carbonyl (C=O) groups excluding carboxylic acids is 1. The quantitative estimate of drug-likeness (QED) is 0.356. The molecule has 0 spiro atoms. The smallest absolute Gasteiger partial charge is 0.244 e. The summed E-state index contributed by atoms with van der Waals surface area (Å²) >= 11 is 0. The molecule has 1 amide bonds. The summed E-state index contributed by atoms with van der Waals surface area (Å²) in [7, 11) is 0. The van der Waals surface area contributed by atoms with E-state index < -0.39 is 0 Å². The van der Waals surface area contributed by atoms with Gasteiger partial charge >= 0.3 is 0 Å². The molecule has 1 aliphatic rings. The van der Waals surface area contributed by atoms with Crippen LogP contribution in [-0.2, 0) is 24.2 Å². The van der Waals surface area contributed by atoms with Crippen molar-refractivity contribution < 1.29 is 4.79 Å². The number of aryl methyl sites for hydroxylation is 2. The molecule has 6 nitrogen and oxygen atoms in total. The Kier molecular flexibility index (Phi) is 9.47. The van der Waals surface area contributed by atoms with Crippen molar-refractivity contribution in [2.75, 3.05) is 26.2 Å². The molecule has 1 aromatic carbocycles. The summed E-state index contributed by atoms with van der Waals surface area (Å²) in [6.07, 6.45) is 6.83. The molecule has 1 aromatic heterocycles. The van der Waals surface area contributed by atoms with Crippen molar-refractivity contribution in [2.24, 2.45) is 4.99 Å². The maximum absolute atomic E-state index is 13.2. The van der Waals surface area contributed by atoms with E-state index in [9.17, 15) is 4.79 Å². The molecule has 188 valence electrons. The number of amides is 1. The van der Waals surface area contributed by atoms with Crippen LogP contribution in [0.1, 0.15) is 59.2 Å². The molecular formula is C29H41N5O. The van der Waals surface area contributed by atoms with Crippen LogP contribution in [0.15, 0.2) is 58.4 Å². The number of hydrogen-bond acceptors (Lipinski definition) is 4. The van der Waals surface area contributed by atoms with E-state index in [4.69, 9.17) is 5.10 Å². The molecule has 0 bridgehead atoms. The summed E-state index contributed by atoms with van der Waals surface area (Å²) in [6.45, 7) is 16.0. The molecule has 1 aliphatic heterocycles. The number of aliphatic imine (C=N–C) groups is 1. The van der Waals surface area contributed by atoms with Crippen LogP contribution in [0.3, 0.4) is 0 Å². The normalized spacial score (nSPS) is 15.7. The van der Waals surface area contributed by atoms with Gasteiger partial charge in [0.15, 0.2) is 0 Å². The van der Waals surface area contributed by atoms with Crippen LogP contribution in [0.4, 0.5) is 0 Å². The first-order valence-corrected chi connectivity index (χ1v) is 13.0. The first-order chi connectivity index (χ1) is 16.9. The molecule has 0 aliphatic carbocycles. The summed E-state index contributed by atoms with van der Waals surface area (Å²) < 4.78 is 1.89. The third-order valence-corrected chi connectivity index (χ3v) is 6.76. The average Bonchev–Trinajstić information content (AvgIpc) is 3.30. The molecule has 0 radical (unpaired) electrons. The molecule has 35 heavy (non-hydrogen) atoms. The fourth-order valence-corrected chi connectivity index (χ4v) is 4.50. The van der Waals surface area contributed by atoms with Gasteiger partial charge in [-0.05, 0) is 63.8 Å². The van der Waals surface area contributed by atoms with Crippen LogP contribution in [0.2, 0.25) is 0 Å². The molecule has 1 fully saturated rings. The zero-order valence-electron chi connectivity index (χ0n) is 22.3. The Morgan fingerprint density at radius 3 is 2.37 bits per heavy atom. The highest BCUT2D eigenvalue weighted by molar-refractivity contribution is 5.76.